The molecule has 3 rings (SSSR count). The van der Waals surface area contributed by atoms with Crippen LogP contribution in [0.5, 0.6) is 0 Å². The molecule has 1 saturated heterocycles. The Kier molecular flexibility index (Phi) is 3.58. The van der Waals surface area contributed by atoms with Crippen LogP contribution in [0.1, 0.15) is 18.0 Å². The zero-order chi connectivity index (χ0) is 14.3. The Balaban J connectivity index is 1.94. The van der Waals surface area contributed by atoms with Gasteiger partial charge in [-0.2, -0.15) is 0 Å². The number of rotatable bonds is 3. The van der Waals surface area contributed by atoms with Crippen LogP contribution in [-0.2, 0) is 9.53 Å². The maximum Gasteiger partial charge on any atom is 0.246 e. The summed E-state index contributed by atoms with van der Waals surface area (Å²) < 4.78 is 5.42. The van der Waals surface area contributed by atoms with Gasteiger partial charge < -0.3 is 20.3 Å². The molecule has 1 amide bonds. The van der Waals surface area contributed by atoms with Crippen molar-refractivity contribution in [2.24, 2.45) is 0 Å². The summed E-state index contributed by atoms with van der Waals surface area (Å²) >= 11 is 6.40. The van der Waals surface area contributed by atoms with Gasteiger partial charge in [0.05, 0.1) is 23.4 Å². The molecule has 2 heterocycles. The summed E-state index contributed by atoms with van der Waals surface area (Å²) in [4.78, 5) is 14.0. The first kappa shape index (κ1) is 13.7. The molecule has 2 N–H and O–H groups in total. The average Bonchev–Trinajstić information content (AvgIpc) is 3.04. The minimum Gasteiger partial charge on any atom is -0.379 e. The zero-order valence-corrected chi connectivity index (χ0v) is 12.3. The van der Waals surface area contributed by atoms with Crippen LogP contribution in [0.3, 0.4) is 0 Å². The number of hydrogen-bond donors (Lipinski definition) is 2. The molecule has 108 valence electrons. The number of nitrogens with one attached hydrogen (secondary N) is 2. The number of likely N-dealkylation sites (N-methyl/N-ethyl adjacent to an activating group) is 2. The summed E-state index contributed by atoms with van der Waals surface area (Å²) in [5.41, 5.74) is 2.67. The fourth-order valence-corrected chi connectivity index (χ4v) is 3.16. The van der Waals surface area contributed by atoms with Crippen LogP contribution in [0.25, 0.3) is 0 Å². The van der Waals surface area contributed by atoms with Crippen LogP contribution in [-0.4, -0.2) is 39.3 Å². The number of amides is 1. The number of halogens is 1. The fourth-order valence-electron chi connectivity index (χ4n) is 2.85. The molecule has 0 bridgehead atoms. The number of nitrogens with zero attached hydrogens (tertiary/aromatic N) is 1. The molecular weight excluding hydrogens is 278 g/mol. The Morgan fingerprint density at radius 2 is 2.30 bits per heavy atom. The van der Waals surface area contributed by atoms with Gasteiger partial charge in [0.1, 0.15) is 6.04 Å². The quantitative estimate of drug-likeness (QED) is 0.892. The number of anilines is 2. The molecule has 2 unspecified atom stereocenters. The van der Waals surface area contributed by atoms with Crippen LogP contribution >= 0.6 is 11.6 Å². The molecule has 2 aliphatic heterocycles. The van der Waals surface area contributed by atoms with Gasteiger partial charge in [0, 0.05) is 24.9 Å². The van der Waals surface area contributed by atoms with Crippen molar-refractivity contribution in [3.63, 3.8) is 0 Å². The molecule has 1 fully saturated rings. The van der Waals surface area contributed by atoms with Gasteiger partial charge in [-0.15, -0.1) is 0 Å². The number of carbonyl (C=O) groups excluding carboxylic acids is 1. The summed E-state index contributed by atoms with van der Waals surface area (Å²) in [5, 5.41) is 6.55. The second-order valence-corrected chi connectivity index (χ2v) is 5.64. The largest absolute Gasteiger partial charge is 0.379 e. The standard InChI is InChI=1S/C14H18ClN3O2/c1-16-13-9-5-10(15)12(6-11(9)17-14(13)19)18(2)8-3-4-20-7-8/h5-6,8,13,16H,3-4,7H2,1-2H3,(H,17,19). The molecule has 6 heteroatoms. The number of hydrogen-bond acceptors (Lipinski definition) is 4. The second kappa shape index (κ2) is 5.24. The van der Waals surface area contributed by atoms with Gasteiger partial charge in [0.15, 0.2) is 0 Å². The summed E-state index contributed by atoms with van der Waals surface area (Å²) in [5.74, 6) is -0.0393. The third-order valence-corrected chi connectivity index (χ3v) is 4.37. The van der Waals surface area contributed by atoms with Gasteiger partial charge in [0.2, 0.25) is 5.91 Å². The van der Waals surface area contributed by atoms with Crippen LogP contribution < -0.4 is 15.5 Å². The lowest BCUT2D eigenvalue weighted by Crippen LogP contribution is -2.32. The molecule has 2 atom stereocenters. The molecule has 1 aromatic rings. The molecule has 20 heavy (non-hydrogen) atoms. The number of ether oxygens (including phenoxy) is 1. The lowest BCUT2D eigenvalue weighted by Gasteiger charge is -2.27. The van der Waals surface area contributed by atoms with Crippen molar-refractivity contribution in [2.45, 2.75) is 18.5 Å². The highest BCUT2D eigenvalue weighted by Gasteiger charge is 2.31. The number of fused-ring (bicyclic) bond motifs is 1. The van der Waals surface area contributed by atoms with Crippen molar-refractivity contribution in [1.82, 2.24) is 5.32 Å². The van der Waals surface area contributed by atoms with Gasteiger partial charge in [-0.25, -0.2) is 0 Å². The molecule has 0 aromatic heterocycles. The minimum absolute atomic E-state index is 0.0393. The van der Waals surface area contributed by atoms with E-state index in [-0.39, 0.29) is 11.9 Å². The first-order valence-electron chi connectivity index (χ1n) is 6.74. The molecule has 0 spiro atoms. The van der Waals surface area contributed by atoms with E-state index in [0.717, 1.165) is 36.6 Å². The summed E-state index contributed by atoms with van der Waals surface area (Å²) in [7, 11) is 3.78. The van der Waals surface area contributed by atoms with Crippen molar-refractivity contribution in [3.8, 4) is 0 Å². The van der Waals surface area contributed by atoms with E-state index in [2.05, 4.69) is 15.5 Å². The highest BCUT2D eigenvalue weighted by Crippen LogP contribution is 2.39. The molecule has 1 aromatic carbocycles. The van der Waals surface area contributed by atoms with Gasteiger partial charge in [0.25, 0.3) is 0 Å². The Bertz CT molecular complexity index is 543. The second-order valence-electron chi connectivity index (χ2n) is 5.23. The molecular formula is C14H18ClN3O2. The Labute approximate surface area is 123 Å². The predicted molar refractivity (Wildman–Crippen MR) is 79.5 cm³/mol. The topological polar surface area (TPSA) is 53.6 Å². The first-order valence-corrected chi connectivity index (χ1v) is 7.11. The first-order chi connectivity index (χ1) is 9.61. The van der Waals surface area contributed by atoms with E-state index in [0.29, 0.717) is 11.1 Å². The van der Waals surface area contributed by atoms with Gasteiger partial charge in [-0.05, 0) is 25.6 Å². The van der Waals surface area contributed by atoms with Crippen molar-refractivity contribution >= 4 is 28.9 Å². The Hall–Kier alpha value is -1.30. The maximum atomic E-state index is 11.9. The SMILES string of the molecule is CNC1C(=O)Nc2cc(N(C)C3CCOC3)c(Cl)cc21. The summed E-state index contributed by atoms with van der Waals surface area (Å²) in [6.07, 6.45) is 0.995. The normalized spacial score (nSPS) is 24.6. The van der Waals surface area contributed by atoms with E-state index < -0.39 is 0 Å². The maximum absolute atomic E-state index is 11.9. The van der Waals surface area contributed by atoms with Crippen LogP contribution in [0, 0.1) is 0 Å². The van der Waals surface area contributed by atoms with Crippen LogP contribution in [0.4, 0.5) is 11.4 Å². The molecule has 0 radical (unpaired) electrons. The van der Waals surface area contributed by atoms with Crippen LogP contribution in [0.15, 0.2) is 12.1 Å². The van der Waals surface area contributed by atoms with E-state index >= 15 is 0 Å². The lowest BCUT2D eigenvalue weighted by atomic mass is 10.1. The van der Waals surface area contributed by atoms with Crippen molar-refractivity contribution in [2.75, 3.05) is 37.5 Å². The van der Waals surface area contributed by atoms with Crippen molar-refractivity contribution in [3.05, 3.63) is 22.7 Å². The highest BCUT2D eigenvalue weighted by atomic mass is 35.5. The molecule has 0 aliphatic carbocycles. The Morgan fingerprint density at radius 1 is 1.50 bits per heavy atom. The minimum atomic E-state index is -0.323. The average molecular weight is 296 g/mol. The monoisotopic (exact) mass is 295 g/mol. The summed E-state index contributed by atoms with van der Waals surface area (Å²) in [6.45, 7) is 1.51. The molecule has 0 saturated carbocycles. The molecule has 5 nitrogen and oxygen atoms in total. The molecule has 2 aliphatic rings. The van der Waals surface area contributed by atoms with E-state index in [9.17, 15) is 4.79 Å². The predicted octanol–water partition coefficient (Wildman–Crippen LogP) is 1.78. The zero-order valence-electron chi connectivity index (χ0n) is 11.6. The van der Waals surface area contributed by atoms with Gasteiger partial charge >= 0.3 is 0 Å². The third kappa shape index (κ3) is 2.16. The van der Waals surface area contributed by atoms with Crippen molar-refractivity contribution < 1.29 is 9.53 Å². The number of benzene rings is 1. The van der Waals surface area contributed by atoms with Gasteiger partial charge in [-0.3, -0.25) is 4.79 Å². The van der Waals surface area contributed by atoms with Crippen molar-refractivity contribution in [1.29, 1.82) is 0 Å². The smallest absolute Gasteiger partial charge is 0.246 e. The van der Waals surface area contributed by atoms with E-state index in [1.165, 1.54) is 0 Å². The highest BCUT2D eigenvalue weighted by molar-refractivity contribution is 6.33. The number of carbonyl (C=O) groups is 1. The van der Waals surface area contributed by atoms with E-state index in [1.807, 2.05) is 19.2 Å². The fraction of sp³-hybridized carbons (Fsp3) is 0.500. The third-order valence-electron chi connectivity index (χ3n) is 4.07. The van der Waals surface area contributed by atoms with E-state index in [4.69, 9.17) is 16.3 Å². The lowest BCUT2D eigenvalue weighted by molar-refractivity contribution is -0.117. The van der Waals surface area contributed by atoms with Gasteiger partial charge in [-0.1, -0.05) is 11.6 Å². The summed E-state index contributed by atoms with van der Waals surface area (Å²) in [6, 6.07) is 3.84. The van der Waals surface area contributed by atoms with Crippen LogP contribution in [0.2, 0.25) is 5.02 Å². The van der Waals surface area contributed by atoms with E-state index in [1.54, 1.807) is 7.05 Å². The Morgan fingerprint density at radius 3 is 2.95 bits per heavy atom.